The van der Waals surface area contributed by atoms with E-state index in [2.05, 4.69) is 10.6 Å². The van der Waals surface area contributed by atoms with Crippen molar-refractivity contribution in [1.82, 2.24) is 15.5 Å². The number of nitrogens with one attached hydrogen (secondary N) is 2. The van der Waals surface area contributed by atoms with Gasteiger partial charge in [0.15, 0.2) is 0 Å². The molecule has 1 saturated heterocycles. The number of carbonyl (C=O) groups is 3. The van der Waals surface area contributed by atoms with Crippen molar-refractivity contribution < 1.29 is 14.4 Å². The molecule has 1 rings (SSSR count). The highest BCUT2D eigenvalue weighted by Crippen LogP contribution is 2.11. The van der Waals surface area contributed by atoms with Gasteiger partial charge < -0.3 is 10.6 Å². The van der Waals surface area contributed by atoms with E-state index in [1.165, 1.54) is 7.05 Å². The standard InChI is InChI=1S/C12H21N3O3/c1-8(2)14-10(16)6-7-13-9-4-5-11(17)15(3)12(9)18/h8-9,13H,4-7H2,1-3H3,(H,14,16). The van der Waals surface area contributed by atoms with E-state index >= 15 is 0 Å². The van der Waals surface area contributed by atoms with Gasteiger partial charge in [-0.3, -0.25) is 19.3 Å². The van der Waals surface area contributed by atoms with Gasteiger partial charge in [-0.05, 0) is 20.3 Å². The van der Waals surface area contributed by atoms with Crippen LogP contribution >= 0.6 is 0 Å². The summed E-state index contributed by atoms with van der Waals surface area (Å²) < 4.78 is 0. The Morgan fingerprint density at radius 1 is 1.44 bits per heavy atom. The molecule has 1 aliphatic rings. The Kier molecular flexibility index (Phi) is 5.27. The van der Waals surface area contributed by atoms with Crippen molar-refractivity contribution >= 4 is 17.7 Å². The molecular formula is C12H21N3O3. The van der Waals surface area contributed by atoms with E-state index in [9.17, 15) is 14.4 Å². The van der Waals surface area contributed by atoms with E-state index in [4.69, 9.17) is 0 Å². The fourth-order valence-corrected chi connectivity index (χ4v) is 1.86. The smallest absolute Gasteiger partial charge is 0.246 e. The molecule has 102 valence electrons. The molecule has 0 aromatic rings. The third kappa shape index (κ3) is 4.10. The van der Waals surface area contributed by atoms with Crippen LogP contribution in [-0.2, 0) is 14.4 Å². The Labute approximate surface area is 107 Å². The van der Waals surface area contributed by atoms with E-state index in [0.717, 1.165) is 4.90 Å². The Bertz CT molecular complexity index is 341. The summed E-state index contributed by atoms with van der Waals surface area (Å²) in [5.74, 6) is -0.392. The monoisotopic (exact) mass is 255 g/mol. The first-order valence-electron chi connectivity index (χ1n) is 6.25. The van der Waals surface area contributed by atoms with Crippen molar-refractivity contribution in [2.24, 2.45) is 0 Å². The molecule has 18 heavy (non-hydrogen) atoms. The summed E-state index contributed by atoms with van der Waals surface area (Å²) >= 11 is 0. The maximum absolute atomic E-state index is 11.7. The molecule has 1 aliphatic heterocycles. The molecule has 2 N–H and O–H groups in total. The number of likely N-dealkylation sites (N-methyl/N-ethyl adjacent to an activating group) is 1. The molecule has 0 saturated carbocycles. The normalized spacial score (nSPS) is 20.4. The first kappa shape index (κ1) is 14.6. The molecule has 3 amide bonds. The number of amides is 3. The number of hydrogen-bond acceptors (Lipinski definition) is 4. The van der Waals surface area contributed by atoms with Gasteiger partial charge in [-0.25, -0.2) is 0 Å². The van der Waals surface area contributed by atoms with Gasteiger partial charge in [0.2, 0.25) is 17.7 Å². The van der Waals surface area contributed by atoms with Gasteiger partial charge in [0, 0.05) is 32.5 Å². The molecule has 0 aromatic carbocycles. The highest BCUT2D eigenvalue weighted by Gasteiger charge is 2.31. The SMILES string of the molecule is CC(C)NC(=O)CCNC1CCC(=O)N(C)C1=O. The molecule has 0 spiro atoms. The molecule has 0 aliphatic carbocycles. The van der Waals surface area contributed by atoms with Gasteiger partial charge in [-0.15, -0.1) is 0 Å². The zero-order chi connectivity index (χ0) is 13.7. The zero-order valence-corrected chi connectivity index (χ0v) is 11.2. The highest BCUT2D eigenvalue weighted by molar-refractivity contribution is 6.00. The molecule has 6 nitrogen and oxygen atoms in total. The summed E-state index contributed by atoms with van der Waals surface area (Å²) in [6.45, 7) is 4.24. The van der Waals surface area contributed by atoms with Crippen LogP contribution in [0.15, 0.2) is 0 Å². The lowest BCUT2D eigenvalue weighted by molar-refractivity contribution is -0.148. The van der Waals surface area contributed by atoms with Crippen LogP contribution < -0.4 is 10.6 Å². The van der Waals surface area contributed by atoms with Gasteiger partial charge in [-0.2, -0.15) is 0 Å². The van der Waals surface area contributed by atoms with E-state index in [1.807, 2.05) is 13.8 Å². The number of likely N-dealkylation sites (tertiary alicyclic amines) is 1. The minimum absolute atomic E-state index is 0.0369. The molecule has 1 fully saturated rings. The van der Waals surface area contributed by atoms with E-state index in [1.54, 1.807) is 0 Å². The molecule has 1 unspecified atom stereocenters. The lowest BCUT2D eigenvalue weighted by Crippen LogP contribution is -2.51. The summed E-state index contributed by atoms with van der Waals surface area (Å²) in [6, 6.07) is -0.225. The molecule has 0 aromatic heterocycles. The van der Waals surface area contributed by atoms with E-state index in [-0.39, 0.29) is 29.8 Å². The third-order valence-corrected chi connectivity index (χ3v) is 2.84. The summed E-state index contributed by atoms with van der Waals surface area (Å²) in [5.41, 5.74) is 0. The molecule has 1 heterocycles. The van der Waals surface area contributed by atoms with Crippen molar-refractivity contribution in [3.05, 3.63) is 0 Å². The number of rotatable bonds is 5. The summed E-state index contributed by atoms with van der Waals surface area (Å²) in [4.78, 5) is 35.5. The quantitative estimate of drug-likeness (QED) is 0.658. The Morgan fingerprint density at radius 2 is 2.11 bits per heavy atom. The topological polar surface area (TPSA) is 78.5 Å². The van der Waals surface area contributed by atoms with Crippen molar-refractivity contribution in [2.45, 2.75) is 45.2 Å². The summed E-state index contributed by atoms with van der Waals surface area (Å²) in [7, 11) is 1.49. The first-order valence-corrected chi connectivity index (χ1v) is 6.25. The number of nitrogens with zero attached hydrogens (tertiary/aromatic N) is 1. The van der Waals surface area contributed by atoms with E-state index in [0.29, 0.717) is 25.8 Å². The number of imide groups is 1. The van der Waals surface area contributed by atoms with Crippen molar-refractivity contribution in [1.29, 1.82) is 0 Å². The lowest BCUT2D eigenvalue weighted by atomic mass is 10.0. The summed E-state index contributed by atoms with van der Waals surface area (Å²) in [5, 5.41) is 5.80. The van der Waals surface area contributed by atoms with Crippen LogP contribution in [0, 0.1) is 0 Å². The second-order valence-corrected chi connectivity index (χ2v) is 4.81. The zero-order valence-electron chi connectivity index (χ0n) is 11.2. The van der Waals surface area contributed by atoms with Crippen LogP contribution in [-0.4, -0.2) is 48.3 Å². The van der Waals surface area contributed by atoms with Crippen molar-refractivity contribution in [2.75, 3.05) is 13.6 Å². The van der Waals surface area contributed by atoms with Gasteiger partial charge in [-0.1, -0.05) is 0 Å². The average molecular weight is 255 g/mol. The minimum atomic E-state index is -0.348. The van der Waals surface area contributed by atoms with Crippen molar-refractivity contribution in [3.63, 3.8) is 0 Å². The second kappa shape index (κ2) is 6.49. The van der Waals surface area contributed by atoms with Gasteiger partial charge in [0.1, 0.15) is 0 Å². The number of piperidine rings is 1. The van der Waals surface area contributed by atoms with Crippen LogP contribution in [0.3, 0.4) is 0 Å². The van der Waals surface area contributed by atoms with Crippen LogP contribution in [0.4, 0.5) is 0 Å². The minimum Gasteiger partial charge on any atom is -0.354 e. The van der Waals surface area contributed by atoms with Crippen molar-refractivity contribution in [3.8, 4) is 0 Å². The molecular weight excluding hydrogens is 234 g/mol. The third-order valence-electron chi connectivity index (χ3n) is 2.84. The van der Waals surface area contributed by atoms with Gasteiger partial charge in [0.25, 0.3) is 0 Å². The van der Waals surface area contributed by atoms with Gasteiger partial charge in [0.05, 0.1) is 6.04 Å². The van der Waals surface area contributed by atoms with Crippen LogP contribution in [0.5, 0.6) is 0 Å². The molecule has 1 atom stereocenters. The first-order chi connectivity index (χ1) is 8.41. The largest absolute Gasteiger partial charge is 0.354 e. The molecule has 0 radical (unpaired) electrons. The number of hydrogen-bond donors (Lipinski definition) is 2. The maximum atomic E-state index is 11.7. The van der Waals surface area contributed by atoms with Gasteiger partial charge >= 0.3 is 0 Å². The maximum Gasteiger partial charge on any atom is 0.246 e. The fourth-order valence-electron chi connectivity index (χ4n) is 1.86. The summed E-state index contributed by atoms with van der Waals surface area (Å²) in [6.07, 6.45) is 1.21. The van der Waals surface area contributed by atoms with Crippen LogP contribution in [0.1, 0.15) is 33.1 Å². The number of carbonyl (C=O) groups excluding carboxylic acids is 3. The van der Waals surface area contributed by atoms with E-state index < -0.39 is 0 Å². The highest BCUT2D eigenvalue weighted by atomic mass is 16.2. The Morgan fingerprint density at radius 3 is 2.72 bits per heavy atom. The Hall–Kier alpha value is -1.43. The molecule has 0 bridgehead atoms. The average Bonchev–Trinajstić information content (AvgIpc) is 2.28. The van der Waals surface area contributed by atoms with Crippen LogP contribution in [0.2, 0.25) is 0 Å². The lowest BCUT2D eigenvalue weighted by Gasteiger charge is -2.28. The predicted molar refractivity (Wildman–Crippen MR) is 66.7 cm³/mol. The fraction of sp³-hybridized carbons (Fsp3) is 0.750. The predicted octanol–water partition coefficient (Wildman–Crippen LogP) is -0.362. The second-order valence-electron chi connectivity index (χ2n) is 4.81. The Balaban J connectivity index is 2.29. The van der Waals surface area contributed by atoms with Crippen LogP contribution in [0.25, 0.3) is 0 Å². The molecule has 6 heteroatoms.